The first-order chi connectivity index (χ1) is 17.0. The summed E-state index contributed by atoms with van der Waals surface area (Å²) >= 11 is 0. The zero-order valence-electron chi connectivity index (χ0n) is 18.5. The molecule has 8 nitrogen and oxygen atoms in total. The molecule has 186 valence electrons. The largest absolute Gasteiger partial charge is 0.377 e. The van der Waals surface area contributed by atoms with Crippen molar-refractivity contribution < 1.29 is 27.5 Å². The maximum absolute atomic E-state index is 15.7. The van der Waals surface area contributed by atoms with Crippen molar-refractivity contribution in [3.63, 3.8) is 0 Å². The maximum Gasteiger partial charge on any atom is 0.323 e. The molecule has 2 aromatic carbocycles. The predicted molar refractivity (Wildman–Crippen MR) is 123 cm³/mol. The Balaban J connectivity index is 1.96. The molecule has 1 unspecified atom stereocenters. The van der Waals surface area contributed by atoms with Crippen LogP contribution in [0.4, 0.5) is 17.6 Å². The number of pyridine rings is 1. The second-order valence-electron chi connectivity index (χ2n) is 7.62. The van der Waals surface area contributed by atoms with E-state index in [1.165, 1.54) is 18.2 Å². The van der Waals surface area contributed by atoms with Crippen LogP contribution in [0.1, 0.15) is 32.7 Å². The molecule has 12 heteroatoms. The van der Waals surface area contributed by atoms with Crippen LogP contribution in [-0.2, 0) is 11.5 Å². The summed E-state index contributed by atoms with van der Waals surface area (Å²) in [5.41, 5.74) is 1.11. The van der Waals surface area contributed by atoms with Gasteiger partial charge in [0.2, 0.25) is 5.91 Å². The minimum atomic E-state index is -4.22. The second-order valence-corrected chi connectivity index (χ2v) is 7.62. The summed E-state index contributed by atoms with van der Waals surface area (Å²) in [4.78, 5) is 14.8. The zero-order valence-corrected chi connectivity index (χ0v) is 18.5. The number of benzene rings is 2. The molecule has 3 aromatic rings. The molecule has 0 saturated heterocycles. The first kappa shape index (κ1) is 26.1. The minimum Gasteiger partial charge on any atom is -0.377 e. The van der Waals surface area contributed by atoms with E-state index in [9.17, 15) is 18.7 Å². The van der Waals surface area contributed by atoms with E-state index in [4.69, 9.17) is 17.4 Å². The molecule has 1 aromatic heterocycles. The number of hydrazine groups is 1. The zero-order chi connectivity index (χ0) is 26.5. The molecule has 1 heterocycles. The summed E-state index contributed by atoms with van der Waals surface area (Å²) in [7, 11) is 0. The Kier molecular flexibility index (Phi) is 7.57. The van der Waals surface area contributed by atoms with Crippen LogP contribution in [0.25, 0.3) is 0 Å². The van der Waals surface area contributed by atoms with Crippen LogP contribution >= 0.6 is 0 Å². The van der Waals surface area contributed by atoms with Gasteiger partial charge in [-0.3, -0.25) is 14.8 Å². The lowest BCUT2D eigenvalue weighted by atomic mass is 9.84. The van der Waals surface area contributed by atoms with E-state index in [1.54, 1.807) is 12.1 Å². The molecule has 1 amide bonds. The van der Waals surface area contributed by atoms with Crippen molar-refractivity contribution in [3.05, 3.63) is 100 Å². The van der Waals surface area contributed by atoms with Gasteiger partial charge in [0.25, 0.3) is 0 Å². The fraction of sp³-hybridized carbons (Fsp3) is 0.125. The number of hydrogen-bond donors (Lipinski definition) is 4. The molecular weight excluding hydrogens is 480 g/mol. The van der Waals surface area contributed by atoms with Gasteiger partial charge in [-0.2, -0.15) is 13.9 Å². The highest BCUT2D eigenvalue weighted by molar-refractivity contribution is 5.92. The summed E-state index contributed by atoms with van der Waals surface area (Å²) in [6.07, 6.45) is 1.78. The lowest BCUT2D eigenvalue weighted by Crippen LogP contribution is -2.53. The Bertz CT molecular complexity index is 1340. The van der Waals surface area contributed by atoms with Gasteiger partial charge in [0.15, 0.2) is 5.60 Å². The first-order valence-electron chi connectivity index (χ1n) is 10.2. The van der Waals surface area contributed by atoms with Crippen molar-refractivity contribution in [1.29, 1.82) is 0 Å². The van der Waals surface area contributed by atoms with Gasteiger partial charge >= 0.3 is 5.92 Å². The van der Waals surface area contributed by atoms with Crippen LogP contribution in [0.5, 0.6) is 0 Å². The fourth-order valence-corrected chi connectivity index (χ4v) is 3.30. The lowest BCUT2D eigenvalue weighted by Gasteiger charge is -2.37. The van der Waals surface area contributed by atoms with Crippen LogP contribution in [0, 0.1) is 23.5 Å². The van der Waals surface area contributed by atoms with E-state index >= 15 is 8.78 Å². The highest BCUT2D eigenvalue weighted by Crippen LogP contribution is 2.45. The molecule has 36 heavy (non-hydrogen) atoms. The monoisotopic (exact) mass is 500 g/mol. The summed E-state index contributed by atoms with van der Waals surface area (Å²) in [6.45, 7) is -1.08. The number of carbonyl (C=O) groups is 1. The number of amides is 1. The topological polar surface area (TPSA) is 144 Å². The Morgan fingerprint density at radius 3 is 2.28 bits per heavy atom. The number of aliphatic hydroxyl groups is 1. The summed E-state index contributed by atoms with van der Waals surface area (Å²) < 4.78 is 59.2. The van der Waals surface area contributed by atoms with Crippen molar-refractivity contribution in [2.24, 2.45) is 22.5 Å². The van der Waals surface area contributed by atoms with Crippen LogP contribution in [-0.4, -0.2) is 33.9 Å². The number of hydrazone groups is 1. The van der Waals surface area contributed by atoms with Crippen molar-refractivity contribution in [1.82, 2.24) is 9.99 Å². The van der Waals surface area contributed by atoms with Gasteiger partial charge in [-0.25, -0.2) is 14.6 Å². The van der Waals surface area contributed by atoms with Gasteiger partial charge in [-0.1, -0.05) is 11.8 Å². The van der Waals surface area contributed by atoms with Gasteiger partial charge < -0.3 is 16.7 Å². The van der Waals surface area contributed by atoms with E-state index in [0.717, 1.165) is 24.7 Å². The second kappa shape index (κ2) is 10.4. The molecule has 0 bridgehead atoms. The molecule has 1 atom stereocenters. The van der Waals surface area contributed by atoms with Crippen LogP contribution in [0.3, 0.4) is 0 Å². The van der Waals surface area contributed by atoms with Crippen LogP contribution in [0.2, 0.25) is 0 Å². The number of nitrogens with zero attached hydrogens (tertiary/aromatic N) is 3. The van der Waals surface area contributed by atoms with E-state index < -0.39 is 46.9 Å². The Morgan fingerprint density at radius 1 is 1.08 bits per heavy atom. The van der Waals surface area contributed by atoms with Crippen molar-refractivity contribution in [2.75, 3.05) is 6.54 Å². The quantitative estimate of drug-likeness (QED) is 0.0975. The molecule has 0 aliphatic rings. The SMILES string of the molecule is N/N=C\N(N)CC(O)(c1ccc(F)cc1F)C(F)(F)c1ccc(C#Cc2ccc(C(N)=O)cc2)cn1. The maximum atomic E-state index is 15.7. The molecule has 7 N–H and O–H groups in total. The molecule has 0 radical (unpaired) electrons. The molecule has 0 spiro atoms. The number of rotatable bonds is 7. The molecule has 0 aliphatic heterocycles. The Morgan fingerprint density at radius 2 is 1.72 bits per heavy atom. The Hall–Kier alpha value is -4.47. The third-order valence-electron chi connectivity index (χ3n) is 5.13. The number of nitrogens with two attached hydrogens (primary N) is 3. The van der Waals surface area contributed by atoms with E-state index in [2.05, 4.69) is 21.9 Å². The number of aromatic nitrogens is 1. The number of carbonyl (C=O) groups excluding carboxylic acids is 1. The normalized spacial score (nSPS) is 13.1. The predicted octanol–water partition coefficient (Wildman–Crippen LogP) is 1.92. The molecule has 3 rings (SSSR count). The third-order valence-corrected chi connectivity index (χ3v) is 5.13. The number of alkyl halides is 2. The summed E-state index contributed by atoms with van der Waals surface area (Å²) in [5, 5.41) is 14.7. The number of primary amides is 1. The summed E-state index contributed by atoms with van der Waals surface area (Å²) in [5.74, 6) is 8.78. The lowest BCUT2D eigenvalue weighted by molar-refractivity contribution is -0.203. The standard InChI is InChI=1S/C24H20F4N6O2/c25-18-8-9-19(20(26)11-18)23(36,13-34(31)14-33-30)24(27,28)21-10-5-16(12-32-21)2-1-15-3-6-17(7-4-15)22(29)35/h3-12,14,36H,13,30-31H2,(H2,29,35)/b33-14-. The van der Waals surface area contributed by atoms with Crippen LogP contribution in [0.15, 0.2) is 65.9 Å². The first-order valence-corrected chi connectivity index (χ1v) is 10.2. The van der Waals surface area contributed by atoms with Crippen molar-refractivity contribution in [3.8, 4) is 11.8 Å². The fourth-order valence-electron chi connectivity index (χ4n) is 3.30. The smallest absolute Gasteiger partial charge is 0.323 e. The van der Waals surface area contributed by atoms with Gasteiger partial charge in [-0.15, -0.1) is 0 Å². The molecule has 0 fully saturated rings. The molecule has 0 aliphatic carbocycles. The van der Waals surface area contributed by atoms with E-state index in [0.29, 0.717) is 28.3 Å². The average Bonchev–Trinajstić information content (AvgIpc) is 2.83. The Labute approximate surface area is 203 Å². The summed E-state index contributed by atoms with van der Waals surface area (Å²) in [6, 6.07) is 9.99. The minimum absolute atomic E-state index is 0.251. The van der Waals surface area contributed by atoms with Gasteiger partial charge in [0.1, 0.15) is 23.7 Å². The highest BCUT2D eigenvalue weighted by Gasteiger charge is 2.58. The van der Waals surface area contributed by atoms with Gasteiger partial charge in [0.05, 0.1) is 6.54 Å². The van der Waals surface area contributed by atoms with Crippen molar-refractivity contribution in [2.45, 2.75) is 11.5 Å². The highest BCUT2D eigenvalue weighted by atomic mass is 19.3. The third kappa shape index (κ3) is 5.43. The molecular formula is C24H20F4N6O2. The number of hydrogen-bond acceptors (Lipinski definition) is 6. The van der Waals surface area contributed by atoms with E-state index in [-0.39, 0.29) is 5.56 Å². The number of halogens is 4. The van der Waals surface area contributed by atoms with Crippen LogP contribution < -0.4 is 17.4 Å². The van der Waals surface area contributed by atoms with Gasteiger partial charge in [0, 0.05) is 34.5 Å². The van der Waals surface area contributed by atoms with Gasteiger partial charge in [-0.05, 0) is 48.5 Å². The average molecular weight is 500 g/mol. The van der Waals surface area contributed by atoms with E-state index in [1.807, 2.05) is 0 Å². The van der Waals surface area contributed by atoms with Crippen molar-refractivity contribution >= 4 is 12.2 Å². The molecule has 0 saturated carbocycles.